The van der Waals surface area contributed by atoms with Crippen LogP contribution in [-0.4, -0.2) is 13.7 Å². The number of hydrogen-bond donors (Lipinski definition) is 1. The number of rotatable bonds is 4. The molecular weight excluding hydrogens is 186 g/mol. The van der Waals surface area contributed by atoms with Gasteiger partial charge in [-0.3, -0.25) is 0 Å². The molecule has 0 aromatic heterocycles. The van der Waals surface area contributed by atoms with E-state index >= 15 is 0 Å². The minimum absolute atomic E-state index is 0.158. The summed E-state index contributed by atoms with van der Waals surface area (Å²) < 4.78 is 5.40. The lowest BCUT2D eigenvalue weighted by Gasteiger charge is -2.21. The molecule has 15 heavy (non-hydrogen) atoms. The summed E-state index contributed by atoms with van der Waals surface area (Å²) in [5.41, 5.74) is 8.81. The Morgan fingerprint density at radius 3 is 2.60 bits per heavy atom. The zero-order valence-corrected chi connectivity index (χ0v) is 9.49. The van der Waals surface area contributed by atoms with E-state index in [4.69, 9.17) is 10.5 Å². The Morgan fingerprint density at radius 1 is 1.40 bits per heavy atom. The maximum Gasteiger partial charge on any atom is 0.0795 e. The van der Waals surface area contributed by atoms with Crippen LogP contribution in [-0.2, 0) is 10.2 Å². The Bertz CT molecular complexity index is 344. The standard InChI is InChI=1S/C13H19NO/c1-10(15-2)11-5-3-4-6-12(11)13(9-14)7-8-13/h3-6,10H,7-9,14H2,1-2H3. The van der Waals surface area contributed by atoms with E-state index in [0.29, 0.717) is 0 Å². The molecule has 1 fully saturated rings. The summed E-state index contributed by atoms with van der Waals surface area (Å²) in [5.74, 6) is 0. The Labute approximate surface area is 91.4 Å². The van der Waals surface area contributed by atoms with Gasteiger partial charge in [0.25, 0.3) is 0 Å². The Balaban J connectivity index is 2.38. The lowest BCUT2D eigenvalue weighted by Crippen LogP contribution is -2.22. The molecule has 0 radical (unpaired) electrons. The SMILES string of the molecule is COC(C)c1ccccc1C1(CN)CC1. The minimum atomic E-state index is 0.158. The van der Waals surface area contributed by atoms with Gasteiger partial charge in [0.05, 0.1) is 6.10 Å². The normalized spacial score (nSPS) is 19.9. The van der Waals surface area contributed by atoms with E-state index in [1.54, 1.807) is 7.11 Å². The molecule has 2 rings (SSSR count). The van der Waals surface area contributed by atoms with Crippen molar-refractivity contribution in [3.05, 3.63) is 35.4 Å². The summed E-state index contributed by atoms with van der Waals surface area (Å²) in [6, 6.07) is 8.52. The van der Waals surface area contributed by atoms with Gasteiger partial charge in [-0.15, -0.1) is 0 Å². The van der Waals surface area contributed by atoms with Gasteiger partial charge in [-0.1, -0.05) is 24.3 Å². The average Bonchev–Trinajstić information content (AvgIpc) is 3.09. The van der Waals surface area contributed by atoms with E-state index in [1.165, 1.54) is 24.0 Å². The van der Waals surface area contributed by atoms with E-state index < -0.39 is 0 Å². The molecule has 0 spiro atoms. The molecule has 0 bridgehead atoms. The van der Waals surface area contributed by atoms with E-state index in [0.717, 1.165) is 6.54 Å². The average molecular weight is 205 g/mol. The maximum atomic E-state index is 5.87. The highest BCUT2D eigenvalue weighted by Gasteiger charge is 2.44. The van der Waals surface area contributed by atoms with Gasteiger partial charge >= 0.3 is 0 Å². The van der Waals surface area contributed by atoms with E-state index in [9.17, 15) is 0 Å². The third kappa shape index (κ3) is 1.80. The lowest BCUT2D eigenvalue weighted by atomic mass is 9.89. The van der Waals surface area contributed by atoms with Crippen LogP contribution in [0.1, 0.15) is 37.0 Å². The molecule has 0 amide bonds. The molecule has 0 aliphatic heterocycles. The van der Waals surface area contributed by atoms with Crippen LogP contribution >= 0.6 is 0 Å². The van der Waals surface area contributed by atoms with Crippen molar-refractivity contribution >= 4 is 0 Å². The number of hydrogen-bond acceptors (Lipinski definition) is 2. The molecule has 2 heteroatoms. The van der Waals surface area contributed by atoms with Crippen LogP contribution < -0.4 is 5.73 Å². The van der Waals surface area contributed by atoms with Crippen LogP contribution in [0.4, 0.5) is 0 Å². The molecule has 2 nitrogen and oxygen atoms in total. The van der Waals surface area contributed by atoms with Crippen LogP contribution in [0.15, 0.2) is 24.3 Å². The van der Waals surface area contributed by atoms with Crippen LogP contribution in [0.5, 0.6) is 0 Å². The second-order valence-corrected chi connectivity index (χ2v) is 4.45. The Hall–Kier alpha value is -0.860. The third-order valence-electron chi connectivity index (χ3n) is 3.57. The summed E-state index contributed by atoms with van der Waals surface area (Å²) in [6.45, 7) is 2.84. The van der Waals surface area contributed by atoms with Crippen molar-refractivity contribution in [1.82, 2.24) is 0 Å². The topological polar surface area (TPSA) is 35.2 Å². The predicted molar refractivity (Wildman–Crippen MR) is 61.8 cm³/mol. The summed E-state index contributed by atoms with van der Waals surface area (Å²) >= 11 is 0. The second kappa shape index (κ2) is 3.95. The highest BCUT2D eigenvalue weighted by Crippen LogP contribution is 2.49. The van der Waals surface area contributed by atoms with Gasteiger partial charge in [-0.25, -0.2) is 0 Å². The van der Waals surface area contributed by atoms with Crippen molar-refractivity contribution in [3.8, 4) is 0 Å². The molecule has 1 aliphatic rings. The molecular formula is C13H19NO. The van der Waals surface area contributed by atoms with Crippen LogP contribution in [0.2, 0.25) is 0 Å². The molecule has 1 aromatic rings. The van der Waals surface area contributed by atoms with Gasteiger partial charge in [0.1, 0.15) is 0 Å². The van der Waals surface area contributed by atoms with Gasteiger partial charge in [0.2, 0.25) is 0 Å². The van der Waals surface area contributed by atoms with Gasteiger partial charge in [-0.2, -0.15) is 0 Å². The molecule has 2 N–H and O–H groups in total. The first-order chi connectivity index (χ1) is 7.23. The highest BCUT2D eigenvalue weighted by atomic mass is 16.5. The summed E-state index contributed by atoms with van der Waals surface area (Å²) in [6.07, 6.45) is 2.60. The van der Waals surface area contributed by atoms with Gasteiger partial charge < -0.3 is 10.5 Å². The second-order valence-electron chi connectivity index (χ2n) is 4.45. The number of methoxy groups -OCH3 is 1. The highest BCUT2D eigenvalue weighted by molar-refractivity contribution is 5.40. The first kappa shape index (κ1) is 10.7. The smallest absolute Gasteiger partial charge is 0.0795 e. The van der Waals surface area contributed by atoms with Crippen molar-refractivity contribution in [1.29, 1.82) is 0 Å². The first-order valence-corrected chi connectivity index (χ1v) is 5.56. The Morgan fingerprint density at radius 2 is 2.07 bits per heavy atom. The van der Waals surface area contributed by atoms with Crippen molar-refractivity contribution < 1.29 is 4.74 Å². The zero-order valence-electron chi connectivity index (χ0n) is 9.49. The molecule has 1 unspecified atom stereocenters. The largest absolute Gasteiger partial charge is 0.377 e. The lowest BCUT2D eigenvalue weighted by molar-refractivity contribution is 0.118. The van der Waals surface area contributed by atoms with E-state index in [2.05, 4.69) is 31.2 Å². The molecule has 1 atom stereocenters. The third-order valence-corrected chi connectivity index (χ3v) is 3.57. The van der Waals surface area contributed by atoms with E-state index in [-0.39, 0.29) is 11.5 Å². The number of ether oxygens (including phenoxy) is 1. The molecule has 0 saturated heterocycles. The summed E-state index contributed by atoms with van der Waals surface area (Å²) in [7, 11) is 1.75. The first-order valence-electron chi connectivity index (χ1n) is 5.56. The summed E-state index contributed by atoms with van der Waals surface area (Å²) in [5, 5.41) is 0. The van der Waals surface area contributed by atoms with Crippen molar-refractivity contribution in [3.63, 3.8) is 0 Å². The van der Waals surface area contributed by atoms with Crippen LogP contribution in [0, 0.1) is 0 Å². The van der Waals surface area contributed by atoms with Crippen LogP contribution in [0.3, 0.4) is 0 Å². The molecule has 0 heterocycles. The minimum Gasteiger partial charge on any atom is -0.377 e. The molecule has 1 saturated carbocycles. The fourth-order valence-electron chi connectivity index (χ4n) is 2.20. The molecule has 1 aromatic carbocycles. The van der Waals surface area contributed by atoms with Crippen molar-refractivity contribution in [2.45, 2.75) is 31.3 Å². The summed E-state index contributed by atoms with van der Waals surface area (Å²) in [4.78, 5) is 0. The van der Waals surface area contributed by atoms with Crippen molar-refractivity contribution in [2.24, 2.45) is 5.73 Å². The van der Waals surface area contributed by atoms with Crippen molar-refractivity contribution in [2.75, 3.05) is 13.7 Å². The van der Waals surface area contributed by atoms with Crippen LogP contribution in [0.25, 0.3) is 0 Å². The predicted octanol–water partition coefficient (Wildman–Crippen LogP) is 2.38. The fourth-order valence-corrected chi connectivity index (χ4v) is 2.20. The van der Waals surface area contributed by atoms with Gasteiger partial charge in [0, 0.05) is 19.1 Å². The maximum absolute atomic E-state index is 5.87. The Kier molecular flexibility index (Phi) is 2.81. The number of benzene rings is 1. The van der Waals surface area contributed by atoms with E-state index in [1.807, 2.05) is 0 Å². The number of nitrogens with two attached hydrogens (primary N) is 1. The zero-order chi connectivity index (χ0) is 10.9. The monoisotopic (exact) mass is 205 g/mol. The molecule has 1 aliphatic carbocycles. The molecule has 82 valence electrons. The quantitative estimate of drug-likeness (QED) is 0.819. The fraction of sp³-hybridized carbons (Fsp3) is 0.538. The van der Waals surface area contributed by atoms with Gasteiger partial charge in [-0.05, 0) is 30.9 Å². The van der Waals surface area contributed by atoms with Gasteiger partial charge in [0.15, 0.2) is 0 Å².